The second kappa shape index (κ2) is 62.9. The van der Waals surface area contributed by atoms with Crippen molar-refractivity contribution in [1.82, 2.24) is 0 Å². The van der Waals surface area contributed by atoms with Crippen LogP contribution in [0.2, 0.25) is 0 Å². The number of esters is 3. The highest BCUT2D eigenvalue weighted by molar-refractivity contribution is 5.71. The van der Waals surface area contributed by atoms with Crippen LogP contribution in [0.15, 0.2) is 97.2 Å². The fraction of sp³-hybridized carbons (Fsp3) is 0.725. The normalized spacial score (nSPS) is 12.7. The molecule has 0 saturated heterocycles. The molecule has 75 heavy (non-hydrogen) atoms. The van der Waals surface area contributed by atoms with E-state index in [1.807, 2.05) is 0 Å². The predicted octanol–water partition coefficient (Wildman–Crippen LogP) is 21.7. The highest BCUT2D eigenvalue weighted by Gasteiger charge is 2.19. The van der Waals surface area contributed by atoms with E-state index < -0.39 is 6.10 Å². The summed E-state index contributed by atoms with van der Waals surface area (Å²) in [5.74, 6) is -0.971. The van der Waals surface area contributed by atoms with Gasteiger partial charge in [-0.05, 0) is 89.9 Å². The second-order valence-electron chi connectivity index (χ2n) is 20.9. The van der Waals surface area contributed by atoms with E-state index in [0.29, 0.717) is 19.3 Å². The molecule has 0 aliphatic rings. The van der Waals surface area contributed by atoms with Gasteiger partial charge in [-0.2, -0.15) is 0 Å². The zero-order valence-corrected chi connectivity index (χ0v) is 49.3. The monoisotopic (exact) mass is 1040 g/mol. The Bertz CT molecular complexity index is 1480. The molecule has 0 amide bonds. The topological polar surface area (TPSA) is 78.9 Å². The van der Waals surface area contributed by atoms with E-state index in [9.17, 15) is 14.4 Å². The number of unbranched alkanes of at least 4 members (excludes halogenated alkanes) is 30. The minimum atomic E-state index is -0.815. The van der Waals surface area contributed by atoms with E-state index in [0.717, 1.165) is 116 Å². The first-order valence-electron chi connectivity index (χ1n) is 31.7. The van der Waals surface area contributed by atoms with Crippen molar-refractivity contribution in [3.05, 3.63) is 97.2 Å². The van der Waals surface area contributed by atoms with Crippen LogP contribution in [0.25, 0.3) is 0 Å². The predicted molar refractivity (Wildman–Crippen MR) is 325 cm³/mol. The van der Waals surface area contributed by atoms with Gasteiger partial charge in [0.05, 0.1) is 0 Å². The molecule has 0 aliphatic carbocycles. The Kier molecular flexibility index (Phi) is 59.8. The first-order valence-corrected chi connectivity index (χ1v) is 31.7. The lowest BCUT2D eigenvalue weighted by atomic mass is 10.0. The number of rotatable bonds is 57. The van der Waals surface area contributed by atoms with Crippen LogP contribution < -0.4 is 0 Å². The molecule has 6 nitrogen and oxygen atoms in total. The Morgan fingerprint density at radius 2 is 0.533 bits per heavy atom. The molecule has 0 aromatic rings. The molecule has 0 radical (unpaired) electrons. The van der Waals surface area contributed by atoms with Crippen LogP contribution in [0.3, 0.4) is 0 Å². The van der Waals surface area contributed by atoms with E-state index in [1.54, 1.807) is 0 Å². The molecule has 0 saturated carbocycles. The van der Waals surface area contributed by atoms with Crippen LogP contribution in [0.5, 0.6) is 0 Å². The maximum atomic E-state index is 12.9. The molecule has 0 bridgehead atoms. The van der Waals surface area contributed by atoms with Crippen LogP contribution in [0, 0.1) is 0 Å². The molecule has 0 N–H and O–H groups in total. The molecule has 0 fully saturated rings. The highest BCUT2D eigenvalue weighted by atomic mass is 16.6. The molecule has 0 rings (SSSR count). The summed E-state index contributed by atoms with van der Waals surface area (Å²) in [6.45, 7) is 6.38. The second-order valence-corrected chi connectivity index (χ2v) is 20.9. The fourth-order valence-electron chi connectivity index (χ4n) is 8.91. The van der Waals surface area contributed by atoms with E-state index in [-0.39, 0.29) is 37.5 Å². The van der Waals surface area contributed by atoms with Crippen molar-refractivity contribution in [2.45, 2.75) is 309 Å². The quantitative estimate of drug-likeness (QED) is 0.0261. The van der Waals surface area contributed by atoms with Crippen LogP contribution in [-0.2, 0) is 28.6 Å². The summed E-state index contributed by atoms with van der Waals surface area (Å²) in [7, 11) is 0. The van der Waals surface area contributed by atoms with Gasteiger partial charge in [0.15, 0.2) is 6.10 Å². The Hall–Kier alpha value is -3.67. The SMILES string of the molecule is CC/C=C\C/C=C\C/C=C\C/C=C\C/C=C\CCCC(=O)OC(COC(=O)CCCCCCC/C=C\C/C=C\C/C=C\CC)COC(=O)CCCCCCCCCCCCCCCCCCCCCCCCCCC. The van der Waals surface area contributed by atoms with Crippen LogP contribution in [0.4, 0.5) is 0 Å². The zero-order chi connectivity index (χ0) is 54.3. The van der Waals surface area contributed by atoms with E-state index in [4.69, 9.17) is 14.2 Å². The molecule has 1 unspecified atom stereocenters. The lowest BCUT2D eigenvalue weighted by Gasteiger charge is -2.18. The van der Waals surface area contributed by atoms with Gasteiger partial charge >= 0.3 is 17.9 Å². The number of carbonyl (C=O) groups excluding carboxylic acids is 3. The van der Waals surface area contributed by atoms with Crippen molar-refractivity contribution in [3.63, 3.8) is 0 Å². The largest absolute Gasteiger partial charge is 0.462 e. The lowest BCUT2D eigenvalue weighted by Crippen LogP contribution is -2.30. The molecular weight excluding hydrogens is 925 g/mol. The van der Waals surface area contributed by atoms with Gasteiger partial charge in [-0.25, -0.2) is 0 Å². The standard InChI is InChI=1S/C69H118O6/c1-4-7-10-13-16-19-22-25-28-30-31-32-33-34-35-36-37-39-41-44-47-50-53-56-59-62-68(71)74-65-66(64-73-67(70)61-58-55-52-49-46-43-40-27-24-21-18-15-12-9-6-3)75-69(72)63-60-57-54-51-48-45-42-38-29-26-23-20-17-14-11-8-5-2/h8-9,11-12,17-18,20-21,26-27,29,40,42,45,51,54,66H,4-7,10,13-16,19,22-25,28,30-39,41,43-44,46-50,52-53,55-65H2,1-3H3/b11-8-,12-9-,20-17-,21-18-,29-26-,40-27-,45-42-,54-51-. The number of allylic oxidation sites excluding steroid dienone is 16. The van der Waals surface area contributed by atoms with Crippen LogP contribution in [0.1, 0.15) is 303 Å². The summed E-state index contributed by atoms with van der Waals surface area (Å²) >= 11 is 0. The summed E-state index contributed by atoms with van der Waals surface area (Å²) in [4.78, 5) is 38.3. The van der Waals surface area contributed by atoms with Gasteiger partial charge < -0.3 is 14.2 Å². The molecule has 430 valence electrons. The minimum absolute atomic E-state index is 0.104. The first kappa shape index (κ1) is 71.3. The average molecular weight is 1040 g/mol. The Morgan fingerprint density at radius 1 is 0.280 bits per heavy atom. The average Bonchev–Trinajstić information content (AvgIpc) is 3.41. The third kappa shape index (κ3) is 61.1. The number of carbonyl (C=O) groups is 3. The molecule has 6 heteroatoms. The summed E-state index contributed by atoms with van der Waals surface area (Å²) < 4.78 is 16.9. The minimum Gasteiger partial charge on any atom is -0.462 e. The van der Waals surface area contributed by atoms with Crippen molar-refractivity contribution in [1.29, 1.82) is 0 Å². The maximum absolute atomic E-state index is 12.9. The molecule has 0 heterocycles. The van der Waals surface area contributed by atoms with E-state index in [2.05, 4.69) is 118 Å². The number of ether oxygens (including phenoxy) is 3. The van der Waals surface area contributed by atoms with Crippen molar-refractivity contribution in [3.8, 4) is 0 Å². The molecule has 1 atom stereocenters. The van der Waals surface area contributed by atoms with Crippen LogP contribution in [-0.4, -0.2) is 37.2 Å². The third-order valence-corrected chi connectivity index (χ3v) is 13.6. The first-order chi connectivity index (χ1) is 37.0. The van der Waals surface area contributed by atoms with Gasteiger partial charge in [-0.3, -0.25) is 14.4 Å². The molecule has 0 spiro atoms. The summed E-state index contributed by atoms with van der Waals surface area (Å²) in [6, 6.07) is 0. The number of hydrogen-bond acceptors (Lipinski definition) is 6. The smallest absolute Gasteiger partial charge is 0.306 e. The molecule has 0 aliphatic heterocycles. The fourth-order valence-corrected chi connectivity index (χ4v) is 8.91. The van der Waals surface area contributed by atoms with Gasteiger partial charge in [-0.1, -0.05) is 291 Å². The van der Waals surface area contributed by atoms with Gasteiger partial charge in [0.25, 0.3) is 0 Å². The molecule has 0 aromatic heterocycles. The van der Waals surface area contributed by atoms with E-state index >= 15 is 0 Å². The summed E-state index contributed by atoms with van der Waals surface area (Å²) in [5, 5.41) is 0. The third-order valence-electron chi connectivity index (χ3n) is 13.6. The van der Waals surface area contributed by atoms with Crippen molar-refractivity contribution >= 4 is 17.9 Å². The van der Waals surface area contributed by atoms with Crippen molar-refractivity contribution in [2.24, 2.45) is 0 Å². The zero-order valence-electron chi connectivity index (χ0n) is 49.3. The lowest BCUT2D eigenvalue weighted by molar-refractivity contribution is -0.167. The van der Waals surface area contributed by atoms with Gasteiger partial charge in [-0.15, -0.1) is 0 Å². The number of hydrogen-bond donors (Lipinski definition) is 0. The van der Waals surface area contributed by atoms with Gasteiger partial charge in [0, 0.05) is 19.3 Å². The Balaban J connectivity index is 4.36. The Labute approximate surface area is 464 Å². The van der Waals surface area contributed by atoms with Crippen LogP contribution >= 0.6 is 0 Å². The highest BCUT2D eigenvalue weighted by Crippen LogP contribution is 2.17. The Morgan fingerprint density at radius 3 is 0.853 bits per heavy atom. The summed E-state index contributed by atoms with van der Waals surface area (Å²) in [5.41, 5.74) is 0. The van der Waals surface area contributed by atoms with Crippen molar-refractivity contribution in [2.75, 3.05) is 13.2 Å². The molecular formula is C69H118O6. The summed E-state index contributed by atoms with van der Waals surface area (Å²) in [6.07, 6.45) is 84.3. The van der Waals surface area contributed by atoms with Gasteiger partial charge in [0.1, 0.15) is 13.2 Å². The maximum Gasteiger partial charge on any atom is 0.306 e. The van der Waals surface area contributed by atoms with Crippen molar-refractivity contribution < 1.29 is 28.6 Å². The van der Waals surface area contributed by atoms with E-state index in [1.165, 1.54) is 141 Å². The van der Waals surface area contributed by atoms with Gasteiger partial charge in [0.2, 0.25) is 0 Å². The molecule has 0 aromatic carbocycles.